The maximum absolute atomic E-state index is 11.0. The molecule has 1 heterocycles. The third kappa shape index (κ3) is 2.76. The summed E-state index contributed by atoms with van der Waals surface area (Å²) in [4.78, 5) is 15.0. The van der Waals surface area contributed by atoms with Crippen LogP contribution in [0.25, 0.3) is 0 Å². The lowest BCUT2D eigenvalue weighted by atomic mass is 10.2. The number of rotatable bonds is 4. The van der Waals surface area contributed by atoms with Gasteiger partial charge in [0, 0.05) is 0 Å². The fourth-order valence-corrected chi connectivity index (χ4v) is 1.43. The zero-order chi connectivity index (χ0) is 13.0. The summed E-state index contributed by atoms with van der Waals surface area (Å²) >= 11 is 0. The monoisotopic (exact) mass is 243 g/mol. The van der Waals surface area contributed by atoms with Gasteiger partial charge in [-0.2, -0.15) is 0 Å². The van der Waals surface area contributed by atoms with Gasteiger partial charge in [-0.1, -0.05) is 30.3 Å². The Balaban J connectivity index is 2.14. The number of carbonyl (C=O) groups excluding carboxylic acids is 1. The third-order valence-corrected chi connectivity index (χ3v) is 2.36. The van der Waals surface area contributed by atoms with Crippen LogP contribution in [0.5, 0.6) is 5.88 Å². The first-order valence-electron chi connectivity index (χ1n) is 5.40. The highest BCUT2D eigenvalue weighted by atomic mass is 16.5. The average molecular weight is 243 g/mol. The standard InChI is InChI=1S/C13H13N3O2/c14-10-6-7-11(12(15)17)16-13(10)18-8-9-4-2-1-3-5-9/h1-7H,8,14H2,(H2,15,17). The van der Waals surface area contributed by atoms with Gasteiger partial charge in [0.15, 0.2) is 0 Å². The van der Waals surface area contributed by atoms with Crippen molar-refractivity contribution in [2.45, 2.75) is 6.61 Å². The minimum Gasteiger partial charge on any atom is -0.471 e. The lowest BCUT2D eigenvalue weighted by Gasteiger charge is -2.08. The number of anilines is 1. The summed E-state index contributed by atoms with van der Waals surface area (Å²) in [6, 6.07) is 12.6. The van der Waals surface area contributed by atoms with Crippen LogP contribution in [0.15, 0.2) is 42.5 Å². The van der Waals surface area contributed by atoms with Crippen LogP contribution < -0.4 is 16.2 Å². The molecular formula is C13H13N3O2. The normalized spacial score (nSPS) is 10.0. The molecule has 0 atom stereocenters. The Morgan fingerprint density at radius 2 is 1.89 bits per heavy atom. The van der Waals surface area contributed by atoms with Crippen molar-refractivity contribution in [1.82, 2.24) is 4.98 Å². The van der Waals surface area contributed by atoms with Crippen molar-refractivity contribution in [3.8, 4) is 5.88 Å². The van der Waals surface area contributed by atoms with E-state index < -0.39 is 5.91 Å². The van der Waals surface area contributed by atoms with Crippen LogP contribution in [-0.2, 0) is 6.61 Å². The SMILES string of the molecule is NC(=O)c1ccc(N)c(OCc2ccccc2)n1. The van der Waals surface area contributed by atoms with E-state index >= 15 is 0 Å². The number of nitrogen functional groups attached to an aromatic ring is 1. The number of ether oxygens (including phenoxy) is 1. The number of hydrogen-bond acceptors (Lipinski definition) is 4. The molecule has 2 aromatic rings. The van der Waals surface area contributed by atoms with Crippen LogP contribution >= 0.6 is 0 Å². The maximum Gasteiger partial charge on any atom is 0.267 e. The van der Waals surface area contributed by atoms with Crippen LogP contribution in [0, 0.1) is 0 Å². The van der Waals surface area contributed by atoms with Crippen LogP contribution in [-0.4, -0.2) is 10.9 Å². The molecule has 1 amide bonds. The fourth-order valence-electron chi connectivity index (χ4n) is 1.43. The molecule has 5 heteroatoms. The number of nitrogens with two attached hydrogens (primary N) is 2. The summed E-state index contributed by atoms with van der Waals surface area (Å²) in [7, 11) is 0. The lowest BCUT2D eigenvalue weighted by molar-refractivity contribution is 0.0994. The minimum atomic E-state index is -0.612. The van der Waals surface area contributed by atoms with Gasteiger partial charge in [0.25, 0.3) is 5.91 Å². The van der Waals surface area contributed by atoms with Crippen molar-refractivity contribution in [1.29, 1.82) is 0 Å². The van der Waals surface area contributed by atoms with Gasteiger partial charge in [-0.3, -0.25) is 4.79 Å². The Bertz CT molecular complexity index is 555. The molecule has 0 unspecified atom stereocenters. The number of amides is 1. The van der Waals surface area contributed by atoms with E-state index in [0.717, 1.165) is 5.56 Å². The molecule has 0 radical (unpaired) electrons. The largest absolute Gasteiger partial charge is 0.471 e. The maximum atomic E-state index is 11.0. The molecular weight excluding hydrogens is 230 g/mol. The first-order valence-corrected chi connectivity index (χ1v) is 5.40. The van der Waals surface area contributed by atoms with Crippen molar-refractivity contribution in [3.05, 3.63) is 53.7 Å². The summed E-state index contributed by atoms with van der Waals surface area (Å²) < 4.78 is 5.47. The van der Waals surface area contributed by atoms with E-state index in [2.05, 4.69) is 4.98 Å². The molecule has 0 fully saturated rings. The third-order valence-electron chi connectivity index (χ3n) is 2.36. The molecule has 0 saturated heterocycles. The Hall–Kier alpha value is -2.56. The second-order valence-electron chi connectivity index (χ2n) is 3.73. The first-order chi connectivity index (χ1) is 8.66. The highest BCUT2D eigenvalue weighted by Gasteiger charge is 2.08. The number of nitrogens with zero attached hydrogens (tertiary/aromatic N) is 1. The molecule has 92 valence electrons. The van der Waals surface area contributed by atoms with E-state index in [-0.39, 0.29) is 11.6 Å². The average Bonchev–Trinajstić information content (AvgIpc) is 2.38. The summed E-state index contributed by atoms with van der Waals surface area (Å²) in [6.07, 6.45) is 0. The van der Waals surface area contributed by atoms with Crippen molar-refractivity contribution in [2.75, 3.05) is 5.73 Å². The van der Waals surface area contributed by atoms with Gasteiger partial charge in [-0.15, -0.1) is 0 Å². The fraction of sp³-hybridized carbons (Fsp3) is 0.0769. The van der Waals surface area contributed by atoms with E-state index in [1.54, 1.807) is 6.07 Å². The molecule has 0 saturated carbocycles. The molecule has 1 aromatic heterocycles. The van der Waals surface area contributed by atoms with Crippen molar-refractivity contribution in [2.24, 2.45) is 5.73 Å². The lowest BCUT2D eigenvalue weighted by Crippen LogP contribution is -2.14. The zero-order valence-corrected chi connectivity index (χ0v) is 9.67. The Kier molecular flexibility index (Phi) is 3.43. The Labute approximate surface area is 104 Å². The number of aromatic nitrogens is 1. The topological polar surface area (TPSA) is 91.2 Å². The smallest absolute Gasteiger partial charge is 0.267 e. The number of primary amides is 1. The molecule has 0 spiro atoms. The van der Waals surface area contributed by atoms with Crippen molar-refractivity contribution in [3.63, 3.8) is 0 Å². The number of hydrogen-bond donors (Lipinski definition) is 2. The summed E-state index contributed by atoms with van der Waals surface area (Å²) in [6.45, 7) is 0.334. The van der Waals surface area contributed by atoms with Gasteiger partial charge in [0.2, 0.25) is 5.88 Å². The van der Waals surface area contributed by atoms with E-state index in [1.165, 1.54) is 6.07 Å². The Morgan fingerprint density at radius 3 is 2.56 bits per heavy atom. The predicted octanol–water partition coefficient (Wildman–Crippen LogP) is 1.34. The summed E-state index contributed by atoms with van der Waals surface area (Å²) in [5, 5.41) is 0. The zero-order valence-electron chi connectivity index (χ0n) is 9.67. The molecule has 0 bridgehead atoms. The molecule has 1 aromatic carbocycles. The van der Waals surface area contributed by atoms with Crippen LogP contribution in [0.1, 0.15) is 16.1 Å². The van der Waals surface area contributed by atoms with Gasteiger partial charge in [-0.25, -0.2) is 4.98 Å². The van der Waals surface area contributed by atoms with Crippen LogP contribution in [0.2, 0.25) is 0 Å². The van der Waals surface area contributed by atoms with Crippen LogP contribution in [0.4, 0.5) is 5.69 Å². The highest BCUT2D eigenvalue weighted by molar-refractivity contribution is 5.91. The molecule has 2 rings (SSSR count). The summed E-state index contributed by atoms with van der Waals surface area (Å²) in [5.74, 6) is -0.394. The molecule has 0 aliphatic rings. The van der Waals surface area contributed by atoms with Crippen molar-refractivity contribution >= 4 is 11.6 Å². The molecule has 0 aliphatic heterocycles. The predicted molar refractivity (Wildman–Crippen MR) is 67.9 cm³/mol. The number of benzene rings is 1. The van der Waals surface area contributed by atoms with Gasteiger partial charge < -0.3 is 16.2 Å². The minimum absolute atomic E-state index is 0.132. The second-order valence-corrected chi connectivity index (χ2v) is 3.73. The highest BCUT2D eigenvalue weighted by Crippen LogP contribution is 2.19. The molecule has 18 heavy (non-hydrogen) atoms. The molecule has 0 aliphatic carbocycles. The number of pyridine rings is 1. The number of carbonyl (C=O) groups is 1. The van der Waals surface area contributed by atoms with Gasteiger partial charge in [0.05, 0.1) is 5.69 Å². The van der Waals surface area contributed by atoms with E-state index in [4.69, 9.17) is 16.2 Å². The first kappa shape index (κ1) is 11.9. The molecule has 4 N–H and O–H groups in total. The van der Waals surface area contributed by atoms with Gasteiger partial charge >= 0.3 is 0 Å². The van der Waals surface area contributed by atoms with Crippen LogP contribution in [0.3, 0.4) is 0 Å². The van der Waals surface area contributed by atoms with E-state index in [1.807, 2.05) is 30.3 Å². The Morgan fingerprint density at radius 1 is 1.17 bits per heavy atom. The van der Waals surface area contributed by atoms with E-state index in [0.29, 0.717) is 12.3 Å². The van der Waals surface area contributed by atoms with Gasteiger partial charge in [0.1, 0.15) is 12.3 Å². The van der Waals surface area contributed by atoms with Gasteiger partial charge in [-0.05, 0) is 17.7 Å². The summed E-state index contributed by atoms with van der Waals surface area (Å²) in [5.41, 5.74) is 12.3. The van der Waals surface area contributed by atoms with Crippen molar-refractivity contribution < 1.29 is 9.53 Å². The quantitative estimate of drug-likeness (QED) is 0.847. The van der Waals surface area contributed by atoms with E-state index in [9.17, 15) is 4.79 Å². The molecule has 5 nitrogen and oxygen atoms in total. The second kappa shape index (κ2) is 5.18.